The quantitative estimate of drug-likeness (QED) is 0.380. The van der Waals surface area contributed by atoms with Crippen molar-refractivity contribution in [2.75, 3.05) is 7.05 Å². The van der Waals surface area contributed by atoms with Crippen LogP contribution in [0.3, 0.4) is 0 Å². The van der Waals surface area contributed by atoms with Crippen molar-refractivity contribution >= 4 is 17.9 Å². The lowest BCUT2D eigenvalue weighted by atomic mass is 10.00. The molecule has 3 amide bonds. The molecule has 0 bridgehead atoms. The van der Waals surface area contributed by atoms with Gasteiger partial charge in [-0.25, -0.2) is 4.79 Å². The second-order valence-corrected chi connectivity index (χ2v) is 10.2. The first-order valence-electron chi connectivity index (χ1n) is 12.4. The van der Waals surface area contributed by atoms with Crippen molar-refractivity contribution in [1.29, 1.82) is 0 Å². The first-order chi connectivity index (χ1) is 17.3. The molecule has 3 unspecified atom stereocenters. The molecule has 0 spiro atoms. The summed E-state index contributed by atoms with van der Waals surface area (Å²) in [6, 6.07) is 10.3. The Morgan fingerprint density at radius 3 is 2.19 bits per heavy atom. The predicted octanol–water partition coefficient (Wildman–Crippen LogP) is 4.04. The van der Waals surface area contributed by atoms with Gasteiger partial charge in [0.2, 0.25) is 11.8 Å². The van der Waals surface area contributed by atoms with E-state index in [4.69, 9.17) is 4.74 Å². The van der Waals surface area contributed by atoms with E-state index in [1.807, 2.05) is 13.8 Å². The third kappa shape index (κ3) is 9.00. The monoisotopic (exact) mass is 513 g/mol. The Bertz CT molecular complexity index is 1060. The minimum absolute atomic E-state index is 0.0707. The van der Waals surface area contributed by atoms with Crippen LogP contribution in [0.4, 0.5) is 4.79 Å². The lowest BCUT2D eigenvalue weighted by Gasteiger charge is -2.32. The van der Waals surface area contributed by atoms with Gasteiger partial charge >= 0.3 is 6.09 Å². The number of hydrogen-bond acceptors (Lipinski definition) is 6. The average molecular weight is 514 g/mol. The molecule has 0 aliphatic heterocycles. The van der Waals surface area contributed by atoms with Crippen LogP contribution in [0.2, 0.25) is 0 Å². The summed E-state index contributed by atoms with van der Waals surface area (Å²) in [5.74, 6) is -1.05. The highest BCUT2D eigenvalue weighted by Crippen LogP contribution is 2.29. The molecule has 2 rings (SSSR count). The molecule has 37 heavy (non-hydrogen) atoms. The first-order valence-corrected chi connectivity index (χ1v) is 12.4. The van der Waals surface area contributed by atoms with Crippen LogP contribution in [-0.2, 0) is 20.7 Å². The van der Waals surface area contributed by atoms with Gasteiger partial charge in [0.1, 0.15) is 29.2 Å². The van der Waals surface area contributed by atoms with E-state index in [1.54, 1.807) is 51.1 Å². The maximum Gasteiger partial charge on any atom is 0.408 e. The molecular formula is C28H39N3O6. The van der Waals surface area contributed by atoms with Gasteiger partial charge in [0.25, 0.3) is 0 Å². The molecule has 202 valence electrons. The van der Waals surface area contributed by atoms with E-state index in [9.17, 15) is 24.6 Å². The molecule has 0 aliphatic carbocycles. The van der Waals surface area contributed by atoms with Gasteiger partial charge in [-0.2, -0.15) is 0 Å². The number of alkyl carbamates (subject to hydrolysis) is 1. The zero-order valence-electron chi connectivity index (χ0n) is 22.4. The molecule has 9 nitrogen and oxygen atoms in total. The summed E-state index contributed by atoms with van der Waals surface area (Å²) in [7, 11) is 1.46. The maximum absolute atomic E-state index is 13.8. The normalized spacial score (nSPS) is 13.7. The van der Waals surface area contributed by atoms with E-state index in [1.165, 1.54) is 30.1 Å². The summed E-state index contributed by atoms with van der Waals surface area (Å²) in [6.45, 7) is 9.03. The fourth-order valence-electron chi connectivity index (χ4n) is 3.96. The minimum atomic E-state index is -1.14. The Morgan fingerprint density at radius 1 is 1.00 bits per heavy atom. The van der Waals surface area contributed by atoms with Crippen LogP contribution in [0.1, 0.15) is 64.6 Å². The molecule has 0 heterocycles. The number of para-hydroxylation sites is 1. The Morgan fingerprint density at radius 2 is 1.62 bits per heavy atom. The number of nitrogens with one attached hydrogen (secondary N) is 2. The van der Waals surface area contributed by atoms with Crippen molar-refractivity contribution in [1.82, 2.24) is 15.5 Å². The van der Waals surface area contributed by atoms with Crippen molar-refractivity contribution in [3.05, 3.63) is 59.7 Å². The average Bonchev–Trinajstić information content (AvgIpc) is 2.79. The zero-order chi connectivity index (χ0) is 27.8. The number of ether oxygens (including phenoxy) is 1. The van der Waals surface area contributed by atoms with Gasteiger partial charge < -0.3 is 30.5 Å². The topological polar surface area (TPSA) is 128 Å². The van der Waals surface area contributed by atoms with Crippen LogP contribution in [0.25, 0.3) is 0 Å². The Balaban J connectivity index is 2.42. The number of aromatic hydroxyl groups is 2. The molecule has 4 N–H and O–H groups in total. The number of phenols is 2. The van der Waals surface area contributed by atoms with Gasteiger partial charge in [0.15, 0.2) is 0 Å². The van der Waals surface area contributed by atoms with Gasteiger partial charge in [-0.1, -0.05) is 43.7 Å². The maximum atomic E-state index is 13.8. The van der Waals surface area contributed by atoms with Crippen LogP contribution in [-0.4, -0.2) is 57.8 Å². The summed E-state index contributed by atoms with van der Waals surface area (Å²) in [6.07, 6.45) is 0.925. The number of benzene rings is 2. The highest BCUT2D eigenvalue weighted by molar-refractivity contribution is 5.92. The molecular weight excluding hydrogens is 474 g/mol. The number of nitrogens with zero attached hydrogens (tertiary/aromatic N) is 1. The number of hydrogen-bond donors (Lipinski definition) is 4. The number of carbonyl (C=O) groups excluding carboxylic acids is 3. The number of amides is 3. The summed E-state index contributed by atoms with van der Waals surface area (Å²) in [4.78, 5) is 41.1. The Kier molecular flexibility index (Phi) is 10.3. The molecule has 0 saturated carbocycles. The van der Waals surface area contributed by atoms with Gasteiger partial charge in [0.05, 0.1) is 0 Å². The van der Waals surface area contributed by atoms with Gasteiger partial charge in [-0.15, -0.1) is 0 Å². The highest BCUT2D eigenvalue weighted by atomic mass is 16.6. The minimum Gasteiger partial charge on any atom is -0.508 e. The third-order valence-corrected chi connectivity index (χ3v) is 5.69. The first kappa shape index (κ1) is 29.5. The Labute approximate surface area is 218 Å². The van der Waals surface area contributed by atoms with Gasteiger partial charge in [-0.05, 0) is 57.9 Å². The molecule has 0 aromatic heterocycles. The largest absolute Gasteiger partial charge is 0.508 e. The van der Waals surface area contributed by atoms with Crippen LogP contribution in [0, 0.1) is 0 Å². The molecule has 9 heteroatoms. The molecule has 0 aliphatic rings. The number of carbonyl (C=O) groups is 3. The van der Waals surface area contributed by atoms with Crippen LogP contribution < -0.4 is 10.6 Å². The lowest BCUT2D eigenvalue weighted by molar-refractivity contribution is -0.141. The fraction of sp³-hybridized carbons (Fsp3) is 0.464. The van der Waals surface area contributed by atoms with Crippen LogP contribution >= 0.6 is 0 Å². The standard InChI is InChI=1S/C28H39N3O6/c1-7-10-18(2)29-25(34)24(21-11-8-9-12-23(21)33)31(6)26(35)22(30-27(36)37-28(3,4)5)17-19-13-15-20(32)16-14-19/h8-9,11-16,18,22,24,32-33H,7,10,17H2,1-6H3,(H,29,34)(H,30,36). The molecule has 2 aromatic rings. The molecule has 0 saturated heterocycles. The van der Waals surface area contributed by atoms with E-state index < -0.39 is 35.6 Å². The summed E-state index contributed by atoms with van der Waals surface area (Å²) < 4.78 is 5.37. The van der Waals surface area contributed by atoms with E-state index in [-0.39, 0.29) is 29.5 Å². The van der Waals surface area contributed by atoms with E-state index in [0.717, 1.165) is 12.8 Å². The van der Waals surface area contributed by atoms with Crippen molar-refractivity contribution in [3.63, 3.8) is 0 Å². The summed E-state index contributed by atoms with van der Waals surface area (Å²) >= 11 is 0. The van der Waals surface area contributed by atoms with Crippen molar-refractivity contribution in [3.8, 4) is 11.5 Å². The van der Waals surface area contributed by atoms with Crippen molar-refractivity contribution in [2.24, 2.45) is 0 Å². The van der Waals surface area contributed by atoms with Gasteiger partial charge in [0, 0.05) is 25.1 Å². The summed E-state index contributed by atoms with van der Waals surface area (Å²) in [5.41, 5.74) is 0.163. The van der Waals surface area contributed by atoms with Crippen LogP contribution in [0.5, 0.6) is 11.5 Å². The SMILES string of the molecule is CCCC(C)NC(=O)C(c1ccccc1O)N(C)C(=O)C(Cc1ccc(O)cc1)NC(=O)OC(C)(C)C. The molecule has 0 radical (unpaired) electrons. The second kappa shape index (κ2) is 13.0. The van der Waals surface area contributed by atoms with Crippen molar-refractivity contribution < 1.29 is 29.3 Å². The number of phenolic OH excluding ortho intramolecular Hbond substituents is 2. The van der Waals surface area contributed by atoms with E-state index in [0.29, 0.717) is 5.56 Å². The zero-order valence-corrected chi connectivity index (χ0v) is 22.4. The smallest absolute Gasteiger partial charge is 0.408 e. The van der Waals surface area contributed by atoms with Gasteiger partial charge in [-0.3, -0.25) is 9.59 Å². The molecule has 2 aromatic carbocycles. The Hall–Kier alpha value is -3.75. The second-order valence-electron chi connectivity index (χ2n) is 10.2. The fourth-order valence-corrected chi connectivity index (χ4v) is 3.96. The van der Waals surface area contributed by atoms with E-state index >= 15 is 0 Å². The molecule has 3 atom stereocenters. The van der Waals surface area contributed by atoms with Crippen molar-refractivity contribution in [2.45, 2.75) is 77.6 Å². The number of likely N-dealkylation sites (N-methyl/N-ethyl adjacent to an activating group) is 1. The third-order valence-electron chi connectivity index (χ3n) is 5.69. The van der Waals surface area contributed by atoms with E-state index in [2.05, 4.69) is 10.6 Å². The molecule has 0 fully saturated rings. The highest BCUT2D eigenvalue weighted by Gasteiger charge is 2.35. The lowest BCUT2D eigenvalue weighted by Crippen LogP contribution is -2.53. The number of rotatable bonds is 10. The predicted molar refractivity (Wildman–Crippen MR) is 141 cm³/mol. The van der Waals surface area contributed by atoms with Crippen LogP contribution in [0.15, 0.2) is 48.5 Å². The summed E-state index contributed by atoms with van der Waals surface area (Å²) in [5, 5.41) is 25.7.